The van der Waals surface area contributed by atoms with E-state index in [1.54, 1.807) is 12.4 Å². The van der Waals surface area contributed by atoms with Crippen molar-refractivity contribution in [1.29, 1.82) is 0 Å². The number of pyridine rings is 1. The van der Waals surface area contributed by atoms with E-state index in [0.717, 1.165) is 22.0 Å². The second kappa shape index (κ2) is 4.35. The first-order valence-electron chi connectivity index (χ1n) is 6.34. The molecule has 2 heterocycles. The monoisotopic (exact) mass is 258 g/mol. The quantitative estimate of drug-likeness (QED) is 0.492. The van der Waals surface area contributed by atoms with E-state index in [1.807, 2.05) is 24.3 Å². The summed E-state index contributed by atoms with van der Waals surface area (Å²) in [5.41, 5.74) is 1.70. The molecule has 0 atom stereocenters. The molecule has 20 heavy (non-hydrogen) atoms. The van der Waals surface area contributed by atoms with Gasteiger partial charge in [0.05, 0.1) is 11.7 Å². The van der Waals surface area contributed by atoms with Crippen molar-refractivity contribution in [2.75, 3.05) is 0 Å². The average Bonchev–Trinajstić information content (AvgIpc) is 2.55. The Morgan fingerprint density at radius 2 is 1.60 bits per heavy atom. The standard InChI is InChI=1S/C16H10N4/c1-2-4-13-11(3-1)5-6-12-7-8-14(19-15(12)13)16-17-9-10-18-20-16/h1-10H. The summed E-state index contributed by atoms with van der Waals surface area (Å²) in [5, 5.41) is 11.3. The van der Waals surface area contributed by atoms with Gasteiger partial charge in [-0.05, 0) is 11.5 Å². The van der Waals surface area contributed by atoms with Crippen LogP contribution in [0.3, 0.4) is 0 Å². The molecule has 2 aromatic heterocycles. The fraction of sp³-hybridized carbons (Fsp3) is 0. The molecule has 2 aromatic carbocycles. The number of fused-ring (bicyclic) bond motifs is 3. The van der Waals surface area contributed by atoms with Gasteiger partial charge < -0.3 is 0 Å². The van der Waals surface area contributed by atoms with Crippen molar-refractivity contribution in [3.05, 3.63) is 60.9 Å². The van der Waals surface area contributed by atoms with Gasteiger partial charge in [0.2, 0.25) is 0 Å². The lowest BCUT2D eigenvalue weighted by atomic mass is 10.1. The Hall–Kier alpha value is -2.88. The van der Waals surface area contributed by atoms with Gasteiger partial charge in [-0.25, -0.2) is 9.97 Å². The highest BCUT2D eigenvalue weighted by molar-refractivity contribution is 6.05. The zero-order valence-corrected chi connectivity index (χ0v) is 10.6. The Morgan fingerprint density at radius 1 is 0.750 bits per heavy atom. The first kappa shape index (κ1) is 11.0. The van der Waals surface area contributed by atoms with Crippen molar-refractivity contribution >= 4 is 21.7 Å². The van der Waals surface area contributed by atoms with Crippen LogP contribution in [0.4, 0.5) is 0 Å². The molecular formula is C16H10N4. The molecule has 0 fully saturated rings. The molecule has 0 saturated heterocycles. The fourth-order valence-corrected chi connectivity index (χ4v) is 2.35. The fourth-order valence-electron chi connectivity index (χ4n) is 2.35. The minimum atomic E-state index is 0.544. The molecule has 0 saturated carbocycles. The number of aromatic nitrogens is 4. The summed E-state index contributed by atoms with van der Waals surface area (Å²) in [5.74, 6) is 0.544. The van der Waals surface area contributed by atoms with Gasteiger partial charge in [-0.1, -0.05) is 42.5 Å². The van der Waals surface area contributed by atoms with Crippen LogP contribution < -0.4 is 0 Å². The van der Waals surface area contributed by atoms with Gasteiger partial charge in [0.15, 0.2) is 5.82 Å². The average molecular weight is 258 g/mol. The van der Waals surface area contributed by atoms with Crippen LogP contribution in [0, 0.1) is 0 Å². The largest absolute Gasteiger partial charge is 0.244 e. The van der Waals surface area contributed by atoms with Crippen molar-refractivity contribution in [2.24, 2.45) is 0 Å². The van der Waals surface area contributed by atoms with Crippen LogP contribution >= 0.6 is 0 Å². The van der Waals surface area contributed by atoms with Crippen molar-refractivity contribution in [2.45, 2.75) is 0 Å². The molecule has 0 aliphatic heterocycles. The van der Waals surface area contributed by atoms with Crippen LogP contribution in [0.1, 0.15) is 0 Å². The van der Waals surface area contributed by atoms with Crippen LogP contribution in [0.5, 0.6) is 0 Å². The van der Waals surface area contributed by atoms with Crippen molar-refractivity contribution in [3.8, 4) is 11.5 Å². The van der Waals surface area contributed by atoms with E-state index in [-0.39, 0.29) is 0 Å². The zero-order chi connectivity index (χ0) is 13.4. The molecule has 4 rings (SSSR count). The molecule has 0 bridgehead atoms. The summed E-state index contributed by atoms with van der Waals surface area (Å²) in [7, 11) is 0. The minimum Gasteiger partial charge on any atom is -0.244 e. The SMILES string of the molecule is c1ccc2c(c1)ccc1ccc(-c3nccnn3)nc12. The van der Waals surface area contributed by atoms with E-state index >= 15 is 0 Å². The molecule has 94 valence electrons. The van der Waals surface area contributed by atoms with Crippen LogP contribution in [-0.2, 0) is 0 Å². The molecular weight excluding hydrogens is 248 g/mol. The minimum absolute atomic E-state index is 0.544. The predicted molar refractivity (Wildman–Crippen MR) is 78.1 cm³/mol. The summed E-state index contributed by atoms with van der Waals surface area (Å²) >= 11 is 0. The van der Waals surface area contributed by atoms with E-state index in [9.17, 15) is 0 Å². The highest BCUT2D eigenvalue weighted by Crippen LogP contribution is 2.25. The summed E-state index contributed by atoms with van der Waals surface area (Å²) in [6.45, 7) is 0. The van der Waals surface area contributed by atoms with E-state index in [4.69, 9.17) is 4.98 Å². The van der Waals surface area contributed by atoms with Gasteiger partial charge in [0, 0.05) is 17.0 Å². The molecule has 4 aromatic rings. The van der Waals surface area contributed by atoms with Crippen LogP contribution in [0.15, 0.2) is 60.9 Å². The lowest BCUT2D eigenvalue weighted by Crippen LogP contribution is -1.93. The van der Waals surface area contributed by atoms with Gasteiger partial charge in [0.25, 0.3) is 0 Å². The van der Waals surface area contributed by atoms with E-state index in [2.05, 4.69) is 39.4 Å². The smallest absolute Gasteiger partial charge is 0.200 e. The molecule has 0 N–H and O–H groups in total. The Bertz CT molecular complexity index is 904. The third-order valence-electron chi connectivity index (χ3n) is 3.30. The first-order valence-corrected chi connectivity index (χ1v) is 6.34. The number of nitrogens with zero attached hydrogens (tertiary/aromatic N) is 4. The highest BCUT2D eigenvalue weighted by atomic mass is 15.1. The number of rotatable bonds is 1. The first-order chi connectivity index (χ1) is 9.92. The maximum atomic E-state index is 4.71. The number of hydrogen-bond acceptors (Lipinski definition) is 4. The summed E-state index contributed by atoms with van der Waals surface area (Å²) in [6, 6.07) is 16.4. The summed E-state index contributed by atoms with van der Waals surface area (Å²) in [6.07, 6.45) is 3.18. The zero-order valence-electron chi connectivity index (χ0n) is 10.6. The maximum Gasteiger partial charge on any atom is 0.200 e. The summed E-state index contributed by atoms with van der Waals surface area (Å²) in [4.78, 5) is 8.91. The lowest BCUT2D eigenvalue weighted by molar-refractivity contribution is 0.972. The maximum absolute atomic E-state index is 4.71. The molecule has 0 amide bonds. The summed E-state index contributed by atoms with van der Waals surface area (Å²) < 4.78 is 0. The van der Waals surface area contributed by atoms with Crippen LogP contribution in [0.2, 0.25) is 0 Å². The van der Waals surface area contributed by atoms with Gasteiger partial charge in [-0.15, -0.1) is 5.10 Å². The van der Waals surface area contributed by atoms with E-state index in [0.29, 0.717) is 5.82 Å². The molecule has 4 heteroatoms. The van der Waals surface area contributed by atoms with Crippen molar-refractivity contribution in [3.63, 3.8) is 0 Å². The van der Waals surface area contributed by atoms with Crippen molar-refractivity contribution < 1.29 is 0 Å². The lowest BCUT2D eigenvalue weighted by Gasteiger charge is -2.05. The highest BCUT2D eigenvalue weighted by Gasteiger charge is 2.06. The Morgan fingerprint density at radius 3 is 2.50 bits per heavy atom. The number of benzene rings is 2. The van der Waals surface area contributed by atoms with Gasteiger partial charge in [-0.2, -0.15) is 5.10 Å². The van der Waals surface area contributed by atoms with Gasteiger partial charge in [-0.3, -0.25) is 0 Å². The van der Waals surface area contributed by atoms with E-state index < -0.39 is 0 Å². The normalized spacial score (nSPS) is 11.0. The van der Waals surface area contributed by atoms with Crippen LogP contribution in [-0.4, -0.2) is 20.2 Å². The van der Waals surface area contributed by atoms with Crippen molar-refractivity contribution in [1.82, 2.24) is 20.2 Å². The topological polar surface area (TPSA) is 51.6 Å². The molecule has 0 aliphatic rings. The molecule has 0 aliphatic carbocycles. The Labute approximate surface area is 115 Å². The molecule has 0 spiro atoms. The second-order valence-corrected chi connectivity index (χ2v) is 4.52. The Balaban J connectivity index is 2.05. The predicted octanol–water partition coefficient (Wildman–Crippen LogP) is 3.24. The second-order valence-electron chi connectivity index (χ2n) is 4.52. The van der Waals surface area contributed by atoms with E-state index in [1.165, 1.54) is 5.39 Å². The molecule has 0 unspecified atom stereocenters. The Kier molecular flexibility index (Phi) is 2.39. The molecule has 0 radical (unpaired) electrons. The van der Waals surface area contributed by atoms with Gasteiger partial charge in [0.1, 0.15) is 5.69 Å². The third kappa shape index (κ3) is 1.70. The molecule has 4 nitrogen and oxygen atoms in total. The van der Waals surface area contributed by atoms with Crippen LogP contribution in [0.25, 0.3) is 33.2 Å². The third-order valence-corrected chi connectivity index (χ3v) is 3.30. The van der Waals surface area contributed by atoms with Gasteiger partial charge >= 0.3 is 0 Å². The number of hydrogen-bond donors (Lipinski definition) is 0.